The second-order valence-corrected chi connectivity index (χ2v) is 6.98. The summed E-state index contributed by atoms with van der Waals surface area (Å²) in [6.07, 6.45) is -4.00. The van der Waals surface area contributed by atoms with E-state index in [9.17, 15) is 23.2 Å². The van der Waals surface area contributed by atoms with E-state index in [2.05, 4.69) is 4.99 Å². The molecule has 0 heterocycles. The van der Waals surface area contributed by atoms with Crippen LogP contribution in [0, 0.1) is 11.3 Å². The normalized spacial score (nSPS) is 12.7. The van der Waals surface area contributed by atoms with Gasteiger partial charge in [0.15, 0.2) is 0 Å². The van der Waals surface area contributed by atoms with Gasteiger partial charge in [-0.2, -0.15) is 18.4 Å². The Morgan fingerprint density at radius 1 is 0.969 bits per heavy atom. The lowest BCUT2D eigenvalue weighted by molar-refractivity contribution is -0.137. The van der Waals surface area contributed by atoms with Crippen molar-refractivity contribution in [3.63, 3.8) is 0 Å². The van der Waals surface area contributed by atoms with E-state index in [-0.39, 0.29) is 5.71 Å². The van der Waals surface area contributed by atoms with E-state index in [0.717, 1.165) is 23.3 Å². The van der Waals surface area contributed by atoms with Gasteiger partial charge in [-0.3, -0.25) is 4.99 Å². The molecule has 0 fully saturated rings. The van der Waals surface area contributed by atoms with Crippen LogP contribution in [0.3, 0.4) is 0 Å². The van der Waals surface area contributed by atoms with E-state index in [4.69, 9.17) is 4.74 Å². The molecule has 3 rings (SSSR count). The lowest BCUT2D eigenvalue weighted by atomic mass is 9.97. The molecule has 0 aliphatic carbocycles. The zero-order chi connectivity index (χ0) is 23.1. The van der Waals surface area contributed by atoms with Gasteiger partial charge < -0.3 is 4.74 Å². The molecule has 3 aromatic carbocycles. The van der Waals surface area contributed by atoms with Crippen molar-refractivity contribution in [2.75, 3.05) is 7.11 Å². The number of carbonyl (C=O) groups excluding carboxylic acids is 1. The van der Waals surface area contributed by atoms with E-state index in [0.29, 0.717) is 17.5 Å². The average molecular weight is 436 g/mol. The SMILES string of the molecule is COC(=O)c1ccc([C@@H](Cc2ccccc2)N=C(C#N)c2ccc(C(F)(F)F)cc2)cc1. The molecule has 0 radical (unpaired) electrons. The zero-order valence-corrected chi connectivity index (χ0v) is 17.1. The molecule has 32 heavy (non-hydrogen) atoms. The quantitative estimate of drug-likeness (QED) is 0.363. The first-order chi connectivity index (χ1) is 15.3. The number of ether oxygens (including phenoxy) is 1. The Morgan fingerprint density at radius 2 is 1.56 bits per heavy atom. The Morgan fingerprint density at radius 3 is 2.09 bits per heavy atom. The van der Waals surface area contributed by atoms with E-state index >= 15 is 0 Å². The Hall–Kier alpha value is -3.92. The lowest BCUT2D eigenvalue weighted by Gasteiger charge is -2.15. The first-order valence-electron chi connectivity index (χ1n) is 9.69. The van der Waals surface area contributed by atoms with Crippen molar-refractivity contribution in [1.82, 2.24) is 0 Å². The Labute approximate surface area is 183 Å². The molecule has 0 aliphatic heterocycles. The summed E-state index contributed by atoms with van der Waals surface area (Å²) in [6, 6.07) is 22.0. The van der Waals surface area contributed by atoms with E-state index in [1.807, 2.05) is 36.4 Å². The second-order valence-electron chi connectivity index (χ2n) is 6.98. The van der Waals surface area contributed by atoms with Crippen LogP contribution in [0.5, 0.6) is 0 Å². The molecule has 162 valence electrons. The summed E-state index contributed by atoms with van der Waals surface area (Å²) in [6.45, 7) is 0. The van der Waals surface area contributed by atoms with Crippen LogP contribution in [0.25, 0.3) is 0 Å². The zero-order valence-electron chi connectivity index (χ0n) is 17.1. The van der Waals surface area contributed by atoms with Gasteiger partial charge in [0.25, 0.3) is 0 Å². The minimum Gasteiger partial charge on any atom is -0.465 e. The minimum atomic E-state index is -4.46. The van der Waals surface area contributed by atoms with E-state index < -0.39 is 23.8 Å². The molecule has 0 bridgehead atoms. The first-order valence-corrected chi connectivity index (χ1v) is 9.69. The summed E-state index contributed by atoms with van der Waals surface area (Å²) in [5.41, 5.74) is 1.63. The second kappa shape index (κ2) is 9.92. The van der Waals surface area contributed by atoms with E-state index in [1.165, 1.54) is 19.2 Å². The number of rotatable bonds is 6. The fourth-order valence-electron chi connectivity index (χ4n) is 3.18. The predicted octanol–water partition coefficient (Wildman–Crippen LogP) is 5.79. The topological polar surface area (TPSA) is 62.4 Å². The van der Waals surface area contributed by atoms with Gasteiger partial charge in [0.05, 0.1) is 24.3 Å². The molecule has 4 nitrogen and oxygen atoms in total. The highest BCUT2D eigenvalue weighted by Crippen LogP contribution is 2.30. The number of benzene rings is 3. The largest absolute Gasteiger partial charge is 0.465 e. The fourth-order valence-corrected chi connectivity index (χ4v) is 3.18. The number of hydrogen-bond donors (Lipinski definition) is 0. The smallest absolute Gasteiger partial charge is 0.416 e. The molecule has 3 aromatic rings. The Bertz CT molecular complexity index is 1130. The summed E-state index contributed by atoms with van der Waals surface area (Å²) in [7, 11) is 1.29. The molecule has 0 saturated heterocycles. The highest BCUT2D eigenvalue weighted by Gasteiger charge is 2.30. The number of aliphatic imine (C=N–C) groups is 1. The first kappa shape index (κ1) is 22.8. The third-order valence-electron chi connectivity index (χ3n) is 4.86. The molecule has 0 aliphatic rings. The molecule has 0 spiro atoms. The van der Waals surface area contributed by atoms with Gasteiger partial charge in [0.2, 0.25) is 0 Å². The van der Waals surface area contributed by atoms with Crippen LogP contribution >= 0.6 is 0 Å². The third-order valence-corrected chi connectivity index (χ3v) is 4.86. The standard InChI is InChI=1S/C25H19F3N2O2/c1-32-24(31)20-9-7-18(8-10-20)22(15-17-5-3-2-4-6-17)30-23(16-29)19-11-13-21(14-12-19)25(26,27)28/h2-14,22H,15H2,1H3/t22-/m1/s1. The minimum absolute atomic E-state index is 0.0247. The number of nitriles is 1. The van der Waals surface area contributed by atoms with Crippen molar-refractivity contribution in [3.8, 4) is 6.07 Å². The highest BCUT2D eigenvalue weighted by atomic mass is 19.4. The summed E-state index contributed by atoms with van der Waals surface area (Å²) in [5.74, 6) is -0.470. The summed E-state index contributed by atoms with van der Waals surface area (Å²) < 4.78 is 43.3. The molecule has 7 heteroatoms. The van der Waals surface area contributed by atoms with E-state index in [1.54, 1.807) is 24.3 Å². The molecular formula is C25H19F3N2O2. The molecule has 0 aromatic heterocycles. The van der Waals surface area contributed by atoms with Crippen LogP contribution in [-0.2, 0) is 17.3 Å². The predicted molar refractivity (Wildman–Crippen MR) is 114 cm³/mol. The summed E-state index contributed by atoms with van der Waals surface area (Å²) >= 11 is 0. The van der Waals surface area contributed by atoms with Gasteiger partial charge in [-0.1, -0.05) is 54.6 Å². The Balaban J connectivity index is 1.98. The summed E-state index contributed by atoms with van der Waals surface area (Å²) in [5, 5.41) is 9.66. The average Bonchev–Trinajstić information content (AvgIpc) is 2.81. The number of esters is 1. The van der Waals surface area contributed by atoms with Crippen LogP contribution in [0.15, 0.2) is 83.9 Å². The van der Waals surface area contributed by atoms with Crippen LogP contribution in [0.2, 0.25) is 0 Å². The van der Waals surface area contributed by atoms with Crippen molar-refractivity contribution >= 4 is 11.7 Å². The number of alkyl halides is 3. The van der Waals surface area contributed by atoms with Crippen molar-refractivity contribution < 1.29 is 22.7 Å². The maximum atomic E-state index is 12.9. The number of methoxy groups -OCH3 is 1. The van der Waals surface area contributed by atoms with Gasteiger partial charge >= 0.3 is 12.1 Å². The van der Waals surface area contributed by atoms with Crippen LogP contribution < -0.4 is 0 Å². The van der Waals surface area contributed by atoms with Gasteiger partial charge in [0, 0.05) is 5.56 Å². The monoisotopic (exact) mass is 436 g/mol. The van der Waals surface area contributed by atoms with Crippen LogP contribution in [0.1, 0.15) is 38.7 Å². The van der Waals surface area contributed by atoms with Crippen molar-refractivity contribution in [2.45, 2.75) is 18.6 Å². The van der Waals surface area contributed by atoms with Crippen molar-refractivity contribution in [3.05, 3.63) is 107 Å². The number of hydrogen-bond acceptors (Lipinski definition) is 4. The molecular weight excluding hydrogens is 417 g/mol. The maximum Gasteiger partial charge on any atom is 0.416 e. The van der Waals surface area contributed by atoms with Crippen molar-refractivity contribution in [1.29, 1.82) is 5.26 Å². The van der Waals surface area contributed by atoms with Crippen LogP contribution in [0.4, 0.5) is 13.2 Å². The number of nitrogens with zero attached hydrogens (tertiary/aromatic N) is 2. The maximum absolute atomic E-state index is 12.9. The van der Waals surface area contributed by atoms with Gasteiger partial charge in [-0.25, -0.2) is 4.79 Å². The summed E-state index contributed by atoms with van der Waals surface area (Å²) in [4.78, 5) is 16.3. The van der Waals surface area contributed by atoms with Gasteiger partial charge in [-0.15, -0.1) is 0 Å². The number of carbonyl (C=O) groups is 1. The Kier molecular flexibility index (Phi) is 7.06. The fraction of sp³-hybridized carbons (Fsp3) is 0.160. The van der Waals surface area contributed by atoms with Crippen LogP contribution in [-0.4, -0.2) is 18.8 Å². The molecule has 0 unspecified atom stereocenters. The molecule has 0 amide bonds. The van der Waals surface area contributed by atoms with Crippen molar-refractivity contribution in [2.24, 2.45) is 4.99 Å². The molecule has 1 atom stereocenters. The third kappa shape index (κ3) is 5.61. The molecule has 0 saturated carbocycles. The van der Waals surface area contributed by atoms with Gasteiger partial charge in [-0.05, 0) is 41.8 Å². The number of halogens is 3. The van der Waals surface area contributed by atoms with Gasteiger partial charge in [0.1, 0.15) is 11.8 Å². The molecule has 0 N–H and O–H groups in total. The highest BCUT2D eigenvalue weighted by molar-refractivity contribution is 6.11. The lowest BCUT2D eigenvalue weighted by Crippen LogP contribution is -2.08.